The van der Waals surface area contributed by atoms with Crippen molar-refractivity contribution in [3.05, 3.63) is 77.4 Å². The molecule has 1 aliphatic rings. The van der Waals surface area contributed by atoms with Crippen LogP contribution in [-0.2, 0) is 12.7 Å². The number of guanidine groups is 1. The molecule has 2 aromatic rings. The molecule has 1 unspecified atom stereocenters. The zero-order valence-electron chi connectivity index (χ0n) is 16.9. The monoisotopic (exact) mass is 530 g/mol. The molecule has 162 valence electrons. The number of alkyl halides is 3. The van der Waals surface area contributed by atoms with Crippen molar-refractivity contribution in [2.75, 3.05) is 25.0 Å². The van der Waals surface area contributed by atoms with Crippen LogP contribution in [-0.4, -0.2) is 26.1 Å². The standard InChI is InChI=1S/C22H25F3N4.HI/c1-16(18-6-5-7-19(14-18)22(23,24)25)28-21(26-2)27-15-17-8-10-20(11-9-17)29-12-3-4-13-29;/h3-11,14,16H,12-13,15H2,1-2H3,(H2,26,27,28);1H. The molecule has 0 spiro atoms. The first-order valence-corrected chi connectivity index (χ1v) is 9.50. The molecular formula is C22H26F3IN4. The largest absolute Gasteiger partial charge is 0.416 e. The van der Waals surface area contributed by atoms with Crippen molar-refractivity contribution in [1.82, 2.24) is 10.6 Å². The van der Waals surface area contributed by atoms with E-state index in [1.807, 2.05) is 0 Å². The Balaban J connectivity index is 0.00000320. The fourth-order valence-corrected chi connectivity index (χ4v) is 3.17. The predicted octanol–water partition coefficient (Wildman–Crippen LogP) is 5.13. The number of benzene rings is 2. The van der Waals surface area contributed by atoms with Crippen molar-refractivity contribution in [3.63, 3.8) is 0 Å². The lowest BCUT2D eigenvalue weighted by Gasteiger charge is -2.20. The number of anilines is 1. The van der Waals surface area contributed by atoms with E-state index in [0.717, 1.165) is 30.8 Å². The molecule has 8 heteroatoms. The van der Waals surface area contributed by atoms with Crippen molar-refractivity contribution < 1.29 is 13.2 Å². The van der Waals surface area contributed by atoms with E-state index in [0.29, 0.717) is 18.1 Å². The van der Waals surface area contributed by atoms with E-state index in [4.69, 9.17) is 0 Å². The van der Waals surface area contributed by atoms with Gasteiger partial charge in [0.25, 0.3) is 0 Å². The lowest BCUT2D eigenvalue weighted by atomic mass is 10.1. The lowest BCUT2D eigenvalue weighted by molar-refractivity contribution is -0.137. The fraction of sp³-hybridized carbons (Fsp3) is 0.318. The normalized spacial score (nSPS) is 15.0. The average Bonchev–Trinajstić information content (AvgIpc) is 3.25. The Bertz CT molecular complexity index is 871. The second-order valence-corrected chi connectivity index (χ2v) is 6.96. The van der Waals surface area contributed by atoms with Gasteiger partial charge in [0, 0.05) is 32.4 Å². The molecule has 0 aromatic heterocycles. The Hall–Kier alpha value is -2.23. The lowest BCUT2D eigenvalue weighted by Crippen LogP contribution is -2.38. The Morgan fingerprint density at radius 3 is 2.37 bits per heavy atom. The zero-order chi connectivity index (χ0) is 20.9. The second kappa shape index (κ2) is 10.7. The van der Waals surface area contributed by atoms with Gasteiger partial charge in [-0.15, -0.1) is 24.0 Å². The maximum atomic E-state index is 12.9. The van der Waals surface area contributed by atoms with Gasteiger partial charge in [-0.05, 0) is 42.3 Å². The van der Waals surface area contributed by atoms with Crippen LogP contribution in [0.25, 0.3) is 0 Å². The van der Waals surface area contributed by atoms with E-state index < -0.39 is 11.7 Å². The van der Waals surface area contributed by atoms with Gasteiger partial charge < -0.3 is 15.5 Å². The Labute approximate surface area is 192 Å². The minimum atomic E-state index is -4.35. The molecule has 1 atom stereocenters. The molecule has 2 aromatic carbocycles. The summed E-state index contributed by atoms with van der Waals surface area (Å²) in [5.41, 5.74) is 2.17. The van der Waals surface area contributed by atoms with E-state index in [9.17, 15) is 13.2 Å². The van der Waals surface area contributed by atoms with Crippen molar-refractivity contribution in [2.45, 2.75) is 25.7 Å². The number of aliphatic imine (C=N–C) groups is 1. The molecule has 3 rings (SSSR count). The van der Waals surface area contributed by atoms with Crippen LogP contribution in [0.15, 0.2) is 65.7 Å². The van der Waals surface area contributed by atoms with Gasteiger partial charge in [0.2, 0.25) is 0 Å². The third-order valence-electron chi connectivity index (χ3n) is 4.87. The van der Waals surface area contributed by atoms with Crippen LogP contribution < -0.4 is 15.5 Å². The molecule has 1 aliphatic heterocycles. The zero-order valence-corrected chi connectivity index (χ0v) is 19.2. The number of halogens is 4. The molecule has 1 heterocycles. The third kappa shape index (κ3) is 6.38. The molecule has 0 fully saturated rings. The van der Waals surface area contributed by atoms with Crippen molar-refractivity contribution in [2.24, 2.45) is 4.99 Å². The summed E-state index contributed by atoms with van der Waals surface area (Å²) in [5.74, 6) is 0.530. The predicted molar refractivity (Wildman–Crippen MR) is 126 cm³/mol. The number of hydrogen-bond acceptors (Lipinski definition) is 2. The fourth-order valence-electron chi connectivity index (χ4n) is 3.17. The van der Waals surface area contributed by atoms with E-state index >= 15 is 0 Å². The quantitative estimate of drug-likeness (QED) is 0.244. The minimum absolute atomic E-state index is 0. The molecule has 2 N–H and O–H groups in total. The summed E-state index contributed by atoms with van der Waals surface area (Å²) in [4.78, 5) is 6.45. The van der Waals surface area contributed by atoms with Crippen LogP contribution in [0.4, 0.5) is 18.9 Å². The first-order chi connectivity index (χ1) is 13.9. The second-order valence-electron chi connectivity index (χ2n) is 6.96. The summed E-state index contributed by atoms with van der Waals surface area (Å²) in [6.07, 6.45) is -0.0552. The van der Waals surface area contributed by atoms with Gasteiger partial charge in [0.15, 0.2) is 5.96 Å². The van der Waals surface area contributed by atoms with Crippen molar-refractivity contribution >= 4 is 35.6 Å². The summed E-state index contributed by atoms with van der Waals surface area (Å²) in [6, 6.07) is 13.3. The first kappa shape index (κ1) is 24.0. The molecular weight excluding hydrogens is 504 g/mol. The highest BCUT2D eigenvalue weighted by Gasteiger charge is 2.30. The molecule has 30 heavy (non-hydrogen) atoms. The highest BCUT2D eigenvalue weighted by molar-refractivity contribution is 14.0. The Morgan fingerprint density at radius 2 is 1.77 bits per heavy atom. The first-order valence-electron chi connectivity index (χ1n) is 9.50. The molecule has 0 aliphatic carbocycles. The minimum Gasteiger partial charge on any atom is -0.364 e. The molecule has 0 bridgehead atoms. The summed E-state index contributed by atoms with van der Waals surface area (Å²) in [6.45, 7) is 4.23. The van der Waals surface area contributed by atoms with E-state index in [-0.39, 0.29) is 30.0 Å². The van der Waals surface area contributed by atoms with Gasteiger partial charge in [-0.25, -0.2) is 0 Å². The molecule has 0 saturated carbocycles. The molecule has 0 radical (unpaired) electrons. The Kier molecular flexibility index (Phi) is 8.57. The number of rotatable bonds is 5. The summed E-state index contributed by atoms with van der Waals surface area (Å²) >= 11 is 0. The van der Waals surface area contributed by atoms with Crippen molar-refractivity contribution in [1.29, 1.82) is 0 Å². The highest BCUT2D eigenvalue weighted by Crippen LogP contribution is 2.30. The summed E-state index contributed by atoms with van der Waals surface area (Å²) in [5, 5.41) is 6.35. The van der Waals surface area contributed by atoms with E-state index in [1.165, 1.54) is 11.8 Å². The summed E-state index contributed by atoms with van der Waals surface area (Å²) in [7, 11) is 1.64. The van der Waals surface area contributed by atoms with Crippen LogP contribution in [0.3, 0.4) is 0 Å². The molecule has 0 saturated heterocycles. The van der Waals surface area contributed by atoms with Crippen LogP contribution in [0.2, 0.25) is 0 Å². The van der Waals surface area contributed by atoms with Crippen LogP contribution in [0.5, 0.6) is 0 Å². The topological polar surface area (TPSA) is 39.7 Å². The van der Waals surface area contributed by atoms with E-state index in [2.05, 4.69) is 56.9 Å². The van der Waals surface area contributed by atoms with Gasteiger partial charge in [-0.2, -0.15) is 13.2 Å². The maximum absolute atomic E-state index is 12.9. The highest BCUT2D eigenvalue weighted by atomic mass is 127. The van der Waals surface area contributed by atoms with E-state index in [1.54, 1.807) is 20.0 Å². The number of nitrogens with one attached hydrogen (secondary N) is 2. The third-order valence-corrected chi connectivity index (χ3v) is 4.87. The maximum Gasteiger partial charge on any atom is 0.416 e. The van der Waals surface area contributed by atoms with Gasteiger partial charge in [-0.1, -0.05) is 36.4 Å². The number of nitrogens with zero attached hydrogens (tertiary/aromatic N) is 2. The smallest absolute Gasteiger partial charge is 0.364 e. The Morgan fingerprint density at radius 1 is 1.10 bits per heavy atom. The molecule has 4 nitrogen and oxygen atoms in total. The van der Waals surface area contributed by atoms with Gasteiger partial charge in [0.1, 0.15) is 0 Å². The average molecular weight is 530 g/mol. The van der Waals surface area contributed by atoms with Gasteiger partial charge in [0.05, 0.1) is 11.6 Å². The van der Waals surface area contributed by atoms with Gasteiger partial charge in [-0.3, -0.25) is 4.99 Å². The SMILES string of the molecule is CN=C(NCc1ccc(N2CC=CC2)cc1)NC(C)c1cccc(C(F)(F)F)c1.I. The van der Waals surface area contributed by atoms with Crippen molar-refractivity contribution in [3.8, 4) is 0 Å². The van der Waals surface area contributed by atoms with Crippen LogP contribution >= 0.6 is 24.0 Å². The van der Waals surface area contributed by atoms with Crippen LogP contribution in [0.1, 0.15) is 29.7 Å². The summed E-state index contributed by atoms with van der Waals surface area (Å²) < 4.78 is 38.8. The van der Waals surface area contributed by atoms with Crippen LogP contribution in [0, 0.1) is 0 Å². The molecule has 0 amide bonds. The number of hydrogen-bond donors (Lipinski definition) is 2. The van der Waals surface area contributed by atoms with Gasteiger partial charge >= 0.3 is 6.18 Å².